The number of amides is 1. The van der Waals surface area contributed by atoms with E-state index in [2.05, 4.69) is 33.5 Å². The molecule has 0 fully saturated rings. The molecule has 0 aliphatic carbocycles. The average Bonchev–Trinajstić information content (AvgIpc) is 3.12. The van der Waals surface area contributed by atoms with Crippen LogP contribution in [0.15, 0.2) is 66.9 Å². The highest BCUT2D eigenvalue weighted by Crippen LogP contribution is 2.24. The van der Waals surface area contributed by atoms with Crippen LogP contribution in [-0.2, 0) is 6.42 Å². The maximum Gasteiger partial charge on any atom is 0.253 e. The molecular formula is C22H19N3O. The zero-order chi connectivity index (χ0) is 17.8. The van der Waals surface area contributed by atoms with Gasteiger partial charge >= 0.3 is 0 Å². The van der Waals surface area contributed by atoms with E-state index in [4.69, 9.17) is 0 Å². The second-order valence-electron chi connectivity index (χ2n) is 6.18. The molecule has 2 N–H and O–H groups in total. The highest BCUT2D eigenvalue weighted by Gasteiger charge is 2.19. The van der Waals surface area contributed by atoms with Crippen molar-refractivity contribution in [2.75, 3.05) is 6.54 Å². The Bertz CT molecular complexity index is 984. The fourth-order valence-electron chi connectivity index (χ4n) is 3.04. The Hall–Kier alpha value is -3.40. The number of hydrogen-bond donors (Lipinski definition) is 2. The van der Waals surface area contributed by atoms with Crippen LogP contribution in [0.2, 0.25) is 0 Å². The zero-order valence-electron chi connectivity index (χ0n) is 14.3. The van der Waals surface area contributed by atoms with E-state index >= 15 is 0 Å². The van der Waals surface area contributed by atoms with Crippen LogP contribution in [0.5, 0.6) is 0 Å². The number of pyridine rings is 1. The molecule has 26 heavy (non-hydrogen) atoms. The Morgan fingerprint density at radius 1 is 1.00 bits per heavy atom. The highest BCUT2D eigenvalue weighted by molar-refractivity contribution is 5.97. The van der Waals surface area contributed by atoms with Crippen molar-refractivity contribution >= 4 is 18.1 Å². The van der Waals surface area contributed by atoms with E-state index in [0.29, 0.717) is 6.54 Å². The van der Waals surface area contributed by atoms with Crippen LogP contribution < -0.4 is 5.32 Å². The first-order valence-electron chi connectivity index (χ1n) is 8.66. The van der Waals surface area contributed by atoms with Gasteiger partial charge in [0.1, 0.15) is 0 Å². The molecule has 128 valence electrons. The zero-order valence-corrected chi connectivity index (χ0v) is 14.3. The molecular weight excluding hydrogens is 322 g/mol. The first kappa shape index (κ1) is 16.1. The number of benzene rings is 1. The number of carbonyl (C=O) groups is 1. The number of carbonyl (C=O) groups excluding carboxylic acids is 1. The van der Waals surface area contributed by atoms with Gasteiger partial charge in [0.25, 0.3) is 5.91 Å². The maximum atomic E-state index is 11.9. The second-order valence-corrected chi connectivity index (χ2v) is 6.18. The number of aromatic nitrogens is 2. The van der Waals surface area contributed by atoms with Crippen molar-refractivity contribution in [3.05, 3.63) is 89.4 Å². The van der Waals surface area contributed by atoms with Gasteiger partial charge in [-0.05, 0) is 29.8 Å². The van der Waals surface area contributed by atoms with Crippen molar-refractivity contribution in [1.82, 2.24) is 15.3 Å². The van der Waals surface area contributed by atoms with Crippen LogP contribution >= 0.6 is 0 Å². The molecule has 1 amide bonds. The van der Waals surface area contributed by atoms with E-state index in [9.17, 15) is 4.79 Å². The van der Waals surface area contributed by atoms with Gasteiger partial charge in [0.05, 0.1) is 11.3 Å². The molecule has 0 radical (unpaired) electrons. The molecule has 0 spiro atoms. The van der Waals surface area contributed by atoms with Gasteiger partial charge in [-0.25, -0.2) is 0 Å². The lowest BCUT2D eigenvalue weighted by Crippen LogP contribution is -2.31. The predicted octanol–water partition coefficient (Wildman–Crippen LogP) is 4.09. The molecule has 3 aromatic rings. The molecule has 1 aliphatic heterocycles. The van der Waals surface area contributed by atoms with Crippen LogP contribution in [0.4, 0.5) is 0 Å². The van der Waals surface area contributed by atoms with Gasteiger partial charge in [0.2, 0.25) is 0 Å². The minimum Gasteiger partial charge on any atom is -0.358 e. The summed E-state index contributed by atoms with van der Waals surface area (Å²) < 4.78 is 0. The second kappa shape index (κ2) is 7.23. The minimum absolute atomic E-state index is 0.00558. The number of nitrogens with zero attached hydrogens (tertiary/aromatic N) is 1. The Labute approximate surface area is 152 Å². The quantitative estimate of drug-likeness (QED) is 0.702. The lowest BCUT2D eigenvalue weighted by atomic mass is 10.1. The molecule has 0 atom stereocenters. The topological polar surface area (TPSA) is 57.8 Å². The van der Waals surface area contributed by atoms with E-state index < -0.39 is 0 Å². The van der Waals surface area contributed by atoms with Gasteiger partial charge in [-0.15, -0.1) is 0 Å². The first-order chi connectivity index (χ1) is 12.8. The highest BCUT2D eigenvalue weighted by atomic mass is 16.1. The molecule has 1 aliphatic rings. The Kier molecular flexibility index (Phi) is 4.48. The normalized spacial score (nSPS) is 13.9. The van der Waals surface area contributed by atoms with Crippen LogP contribution in [0.1, 0.15) is 27.3 Å². The lowest BCUT2D eigenvalue weighted by molar-refractivity contribution is 0.0946. The number of rotatable bonds is 4. The van der Waals surface area contributed by atoms with Crippen molar-refractivity contribution in [2.24, 2.45) is 0 Å². The summed E-state index contributed by atoms with van der Waals surface area (Å²) in [6, 6.07) is 16.1. The predicted molar refractivity (Wildman–Crippen MR) is 105 cm³/mol. The fraction of sp³-hybridized carbons (Fsp3) is 0.0909. The third-order valence-electron chi connectivity index (χ3n) is 4.36. The SMILES string of the molecule is O=C1NCCc2[nH]c(-c3ccnc(C=CC=Cc4ccccc4)c3)cc21. The number of fused-ring (bicyclic) bond motifs is 1. The summed E-state index contributed by atoms with van der Waals surface area (Å²) in [6.45, 7) is 0.684. The largest absolute Gasteiger partial charge is 0.358 e. The monoisotopic (exact) mass is 341 g/mol. The summed E-state index contributed by atoms with van der Waals surface area (Å²) in [5.41, 5.74) is 5.75. The van der Waals surface area contributed by atoms with Crippen molar-refractivity contribution in [2.45, 2.75) is 6.42 Å². The molecule has 4 heteroatoms. The molecule has 0 saturated heterocycles. The summed E-state index contributed by atoms with van der Waals surface area (Å²) in [6.07, 6.45) is 10.6. The van der Waals surface area contributed by atoms with Gasteiger partial charge in [-0.1, -0.05) is 48.6 Å². The third kappa shape index (κ3) is 3.49. The molecule has 4 nitrogen and oxygen atoms in total. The van der Waals surface area contributed by atoms with Crippen LogP contribution in [-0.4, -0.2) is 22.4 Å². The summed E-state index contributed by atoms with van der Waals surface area (Å²) in [7, 11) is 0. The van der Waals surface area contributed by atoms with Gasteiger partial charge in [-0.2, -0.15) is 0 Å². The molecule has 2 aromatic heterocycles. The summed E-state index contributed by atoms with van der Waals surface area (Å²) in [5, 5.41) is 2.87. The van der Waals surface area contributed by atoms with Crippen molar-refractivity contribution in [3.63, 3.8) is 0 Å². The molecule has 0 saturated carbocycles. The number of allylic oxidation sites excluding steroid dienone is 2. The number of nitrogens with one attached hydrogen (secondary N) is 2. The van der Waals surface area contributed by atoms with E-state index in [1.807, 2.05) is 54.6 Å². The first-order valence-corrected chi connectivity index (χ1v) is 8.66. The van der Waals surface area contributed by atoms with Crippen molar-refractivity contribution in [3.8, 4) is 11.3 Å². The maximum absolute atomic E-state index is 11.9. The van der Waals surface area contributed by atoms with E-state index in [0.717, 1.165) is 40.2 Å². The summed E-state index contributed by atoms with van der Waals surface area (Å²) in [5.74, 6) is -0.00558. The third-order valence-corrected chi connectivity index (χ3v) is 4.36. The molecule has 0 bridgehead atoms. The van der Waals surface area contributed by atoms with E-state index in [1.54, 1.807) is 6.20 Å². The van der Waals surface area contributed by atoms with Crippen LogP contribution in [0, 0.1) is 0 Å². The lowest BCUT2D eigenvalue weighted by Gasteiger charge is -2.10. The van der Waals surface area contributed by atoms with Crippen LogP contribution in [0.3, 0.4) is 0 Å². The van der Waals surface area contributed by atoms with Crippen molar-refractivity contribution < 1.29 is 4.79 Å². The average molecular weight is 341 g/mol. The standard InChI is InChI=1S/C22H19N3O/c26-22-19-15-21(25-20(19)11-13-24-22)17-10-12-23-18(14-17)9-5-4-8-16-6-2-1-3-7-16/h1-10,12,14-15,25H,11,13H2,(H,24,26). The molecule has 1 aromatic carbocycles. The number of aromatic amines is 1. The Morgan fingerprint density at radius 3 is 2.69 bits per heavy atom. The molecule has 3 heterocycles. The molecule has 4 rings (SSSR count). The van der Waals surface area contributed by atoms with Gasteiger partial charge in [0.15, 0.2) is 0 Å². The van der Waals surface area contributed by atoms with Crippen LogP contribution in [0.25, 0.3) is 23.4 Å². The van der Waals surface area contributed by atoms with Gasteiger partial charge < -0.3 is 10.3 Å². The van der Waals surface area contributed by atoms with Gasteiger partial charge in [-0.3, -0.25) is 9.78 Å². The number of H-pyrrole nitrogens is 1. The molecule has 0 unspecified atom stereocenters. The van der Waals surface area contributed by atoms with Crippen molar-refractivity contribution in [1.29, 1.82) is 0 Å². The fourth-order valence-corrected chi connectivity index (χ4v) is 3.04. The van der Waals surface area contributed by atoms with E-state index in [-0.39, 0.29) is 5.91 Å². The Morgan fingerprint density at radius 2 is 1.85 bits per heavy atom. The number of hydrogen-bond acceptors (Lipinski definition) is 2. The van der Waals surface area contributed by atoms with Gasteiger partial charge in [0, 0.05) is 36.1 Å². The summed E-state index contributed by atoms with van der Waals surface area (Å²) in [4.78, 5) is 19.7. The minimum atomic E-state index is -0.00558. The van der Waals surface area contributed by atoms with E-state index in [1.165, 1.54) is 0 Å². The smallest absolute Gasteiger partial charge is 0.253 e. The summed E-state index contributed by atoms with van der Waals surface area (Å²) >= 11 is 0. The Balaban J connectivity index is 1.53.